The van der Waals surface area contributed by atoms with E-state index >= 15 is 0 Å². The number of hydrogen-bond acceptors (Lipinski definition) is 5. The van der Waals surface area contributed by atoms with E-state index in [2.05, 4.69) is 25.2 Å². The fourth-order valence-corrected chi connectivity index (χ4v) is 3.47. The number of nitrogens with zero attached hydrogens (tertiary/aromatic N) is 3. The summed E-state index contributed by atoms with van der Waals surface area (Å²) in [5, 5.41) is 5.14. The van der Waals surface area contributed by atoms with Gasteiger partial charge >= 0.3 is 6.09 Å². The number of aromatic nitrogens is 3. The van der Waals surface area contributed by atoms with Crippen molar-refractivity contribution in [2.24, 2.45) is 0 Å². The summed E-state index contributed by atoms with van der Waals surface area (Å²) < 4.78 is 5.37. The van der Waals surface area contributed by atoms with E-state index in [1.54, 1.807) is 6.20 Å². The first-order chi connectivity index (χ1) is 12.4. The van der Waals surface area contributed by atoms with Crippen molar-refractivity contribution < 1.29 is 9.53 Å². The Morgan fingerprint density at radius 2 is 2.19 bits per heavy atom. The molecule has 3 aromatic rings. The minimum atomic E-state index is -0.490. The Labute approximate surface area is 151 Å². The van der Waals surface area contributed by atoms with Crippen LogP contribution < -0.4 is 10.2 Å². The predicted molar refractivity (Wildman–Crippen MR) is 101 cm³/mol. The zero-order valence-corrected chi connectivity index (χ0v) is 15.2. The van der Waals surface area contributed by atoms with Crippen LogP contribution in [0.25, 0.3) is 21.9 Å². The molecule has 4 rings (SSSR count). The molecule has 0 bridgehead atoms. The van der Waals surface area contributed by atoms with E-state index in [0.29, 0.717) is 0 Å². The molecule has 0 spiro atoms. The minimum absolute atomic E-state index is 0.0663. The normalized spacial score (nSPS) is 17.8. The number of aromatic amines is 1. The average Bonchev–Trinajstić information content (AvgIpc) is 3.21. The largest absolute Gasteiger partial charge is 0.444 e. The number of fused-ring (bicyclic) bond motifs is 3. The van der Waals surface area contributed by atoms with Gasteiger partial charge in [-0.3, -0.25) is 4.98 Å². The van der Waals surface area contributed by atoms with Gasteiger partial charge in [0.1, 0.15) is 11.2 Å². The first-order valence-corrected chi connectivity index (χ1v) is 8.86. The lowest BCUT2D eigenvalue weighted by Gasteiger charge is -2.23. The van der Waals surface area contributed by atoms with E-state index in [-0.39, 0.29) is 12.1 Å². The third kappa shape index (κ3) is 3.16. The van der Waals surface area contributed by atoms with Gasteiger partial charge in [-0.15, -0.1) is 0 Å². The number of H-pyrrole nitrogens is 1. The maximum absolute atomic E-state index is 12.0. The van der Waals surface area contributed by atoms with Crippen molar-refractivity contribution in [2.45, 2.75) is 38.8 Å². The number of nitrogens with one attached hydrogen (secondary N) is 2. The average molecular weight is 353 g/mol. The molecule has 1 aliphatic heterocycles. The summed E-state index contributed by atoms with van der Waals surface area (Å²) in [6.07, 6.45) is 6.02. The minimum Gasteiger partial charge on any atom is -0.444 e. The Bertz CT molecular complexity index is 959. The molecular formula is C19H23N5O2. The van der Waals surface area contributed by atoms with Gasteiger partial charge < -0.3 is 19.9 Å². The van der Waals surface area contributed by atoms with Crippen LogP contribution in [0.5, 0.6) is 0 Å². The van der Waals surface area contributed by atoms with Crippen LogP contribution >= 0.6 is 0 Å². The Balaban J connectivity index is 1.58. The van der Waals surface area contributed by atoms with Crippen LogP contribution in [0.1, 0.15) is 27.2 Å². The van der Waals surface area contributed by atoms with Crippen molar-refractivity contribution in [3.05, 3.63) is 30.7 Å². The summed E-state index contributed by atoms with van der Waals surface area (Å²) in [6.45, 7) is 7.22. The van der Waals surface area contributed by atoms with E-state index in [0.717, 1.165) is 47.1 Å². The summed E-state index contributed by atoms with van der Waals surface area (Å²) in [7, 11) is 0. The van der Waals surface area contributed by atoms with Gasteiger partial charge in [0.25, 0.3) is 0 Å². The highest BCUT2D eigenvalue weighted by Crippen LogP contribution is 2.32. The molecule has 136 valence electrons. The smallest absolute Gasteiger partial charge is 0.407 e. The van der Waals surface area contributed by atoms with E-state index in [1.807, 2.05) is 45.3 Å². The molecule has 0 radical (unpaired) electrons. The Morgan fingerprint density at radius 3 is 3.00 bits per heavy atom. The lowest BCUT2D eigenvalue weighted by molar-refractivity contribution is 0.0509. The predicted octanol–water partition coefficient (Wildman–Crippen LogP) is 3.21. The van der Waals surface area contributed by atoms with Gasteiger partial charge in [-0.05, 0) is 39.3 Å². The zero-order valence-electron chi connectivity index (χ0n) is 15.2. The summed E-state index contributed by atoms with van der Waals surface area (Å²) in [4.78, 5) is 26.4. The highest BCUT2D eigenvalue weighted by molar-refractivity contribution is 6.10. The third-order valence-electron chi connectivity index (χ3n) is 4.52. The van der Waals surface area contributed by atoms with E-state index < -0.39 is 5.60 Å². The molecular weight excluding hydrogens is 330 g/mol. The maximum atomic E-state index is 12.0. The van der Waals surface area contributed by atoms with Crippen molar-refractivity contribution >= 4 is 33.7 Å². The first kappa shape index (κ1) is 16.6. The molecule has 0 aromatic carbocycles. The number of pyridine rings is 2. The summed E-state index contributed by atoms with van der Waals surface area (Å²) >= 11 is 0. The van der Waals surface area contributed by atoms with Crippen LogP contribution in [0.15, 0.2) is 30.7 Å². The highest BCUT2D eigenvalue weighted by atomic mass is 16.6. The zero-order chi connectivity index (χ0) is 18.3. The van der Waals surface area contributed by atoms with E-state index in [1.165, 1.54) is 0 Å². The highest BCUT2D eigenvalue weighted by Gasteiger charge is 2.27. The van der Waals surface area contributed by atoms with Crippen LogP contribution in [0.4, 0.5) is 10.5 Å². The van der Waals surface area contributed by atoms with Gasteiger partial charge in [0.15, 0.2) is 0 Å². The number of hydrogen-bond donors (Lipinski definition) is 2. The lowest BCUT2D eigenvalue weighted by Crippen LogP contribution is -2.40. The third-order valence-corrected chi connectivity index (χ3v) is 4.52. The molecule has 7 heteroatoms. The second kappa shape index (κ2) is 6.16. The molecule has 7 nitrogen and oxygen atoms in total. The second-order valence-electron chi connectivity index (χ2n) is 7.67. The molecule has 1 unspecified atom stereocenters. The molecule has 4 heterocycles. The van der Waals surface area contributed by atoms with Crippen LogP contribution in [0.2, 0.25) is 0 Å². The molecule has 1 atom stereocenters. The summed E-state index contributed by atoms with van der Waals surface area (Å²) in [5.41, 5.74) is 2.36. The second-order valence-corrected chi connectivity index (χ2v) is 7.67. The maximum Gasteiger partial charge on any atom is 0.407 e. The fourth-order valence-electron chi connectivity index (χ4n) is 3.47. The van der Waals surface area contributed by atoms with Crippen LogP contribution in [0.3, 0.4) is 0 Å². The lowest BCUT2D eigenvalue weighted by atomic mass is 10.1. The van der Waals surface area contributed by atoms with Crippen LogP contribution in [-0.4, -0.2) is 45.8 Å². The van der Waals surface area contributed by atoms with Crippen molar-refractivity contribution in [3.63, 3.8) is 0 Å². The van der Waals surface area contributed by atoms with Gasteiger partial charge in [-0.1, -0.05) is 0 Å². The number of alkyl carbamates (subject to hydrolysis) is 1. The summed E-state index contributed by atoms with van der Waals surface area (Å²) in [5.74, 6) is 0. The topological polar surface area (TPSA) is 83.1 Å². The van der Waals surface area contributed by atoms with Gasteiger partial charge in [0.2, 0.25) is 0 Å². The fraction of sp³-hybridized carbons (Fsp3) is 0.421. The Hall–Kier alpha value is -2.83. The molecule has 1 amide bonds. The Morgan fingerprint density at radius 1 is 1.35 bits per heavy atom. The number of anilines is 1. The number of carbonyl (C=O) groups is 1. The molecule has 1 fully saturated rings. The standard InChI is InChI=1S/C19H23N5O2/c1-19(2,3)26-18(25)23-12-6-9-24(11-12)15-5-8-20-14-10-22-17-13(16(14)15)4-7-21-17/h4-5,7-8,10,12H,6,9,11H2,1-3H3,(H,21,22)(H,23,25). The van der Waals surface area contributed by atoms with Crippen molar-refractivity contribution in [3.8, 4) is 0 Å². The molecule has 1 aliphatic rings. The number of amides is 1. The van der Waals surface area contributed by atoms with Crippen molar-refractivity contribution in [1.29, 1.82) is 0 Å². The molecule has 26 heavy (non-hydrogen) atoms. The van der Waals surface area contributed by atoms with Crippen molar-refractivity contribution in [1.82, 2.24) is 20.3 Å². The van der Waals surface area contributed by atoms with Gasteiger partial charge in [0.05, 0.1) is 17.8 Å². The first-order valence-electron chi connectivity index (χ1n) is 8.86. The van der Waals surface area contributed by atoms with Crippen molar-refractivity contribution in [2.75, 3.05) is 18.0 Å². The van der Waals surface area contributed by atoms with Gasteiger partial charge in [-0.2, -0.15) is 0 Å². The SMILES string of the molecule is CC(C)(C)OC(=O)NC1CCN(c2ccnc3cnc4[nH]ccc4c23)C1. The molecule has 2 N–H and O–H groups in total. The molecule has 1 saturated heterocycles. The van der Waals surface area contributed by atoms with Gasteiger partial charge in [-0.25, -0.2) is 9.78 Å². The van der Waals surface area contributed by atoms with E-state index in [4.69, 9.17) is 4.74 Å². The summed E-state index contributed by atoms with van der Waals surface area (Å²) in [6, 6.07) is 4.13. The molecule has 0 aliphatic carbocycles. The molecule has 3 aromatic heterocycles. The quantitative estimate of drug-likeness (QED) is 0.739. The number of carbonyl (C=O) groups excluding carboxylic acids is 1. The molecule has 0 saturated carbocycles. The monoisotopic (exact) mass is 353 g/mol. The van der Waals surface area contributed by atoms with Crippen LogP contribution in [0, 0.1) is 0 Å². The Kier molecular flexibility index (Phi) is 3.94. The van der Waals surface area contributed by atoms with Crippen LogP contribution in [-0.2, 0) is 4.74 Å². The number of ether oxygens (including phenoxy) is 1. The number of rotatable bonds is 2. The van der Waals surface area contributed by atoms with Gasteiger partial charge in [0, 0.05) is 41.9 Å². The van der Waals surface area contributed by atoms with E-state index in [9.17, 15) is 4.79 Å².